The van der Waals surface area contributed by atoms with Gasteiger partial charge < -0.3 is 5.32 Å². The number of fused-ring (bicyclic) bond motifs is 1. The van der Waals surface area contributed by atoms with Crippen molar-refractivity contribution in [1.29, 1.82) is 0 Å². The smallest absolute Gasteiger partial charge is 0.226 e. The van der Waals surface area contributed by atoms with E-state index in [4.69, 9.17) is 0 Å². The summed E-state index contributed by atoms with van der Waals surface area (Å²) in [6, 6.07) is 8.41. The van der Waals surface area contributed by atoms with E-state index in [0.717, 1.165) is 11.4 Å². The molecule has 0 saturated heterocycles. The van der Waals surface area contributed by atoms with Crippen LogP contribution in [0.4, 0.5) is 5.82 Å². The minimum Gasteiger partial charge on any atom is -0.311 e. The van der Waals surface area contributed by atoms with Crippen LogP contribution in [-0.2, 0) is 11.8 Å². The Bertz CT molecular complexity index is 618. The van der Waals surface area contributed by atoms with Crippen molar-refractivity contribution in [3.8, 4) is 0 Å². The van der Waals surface area contributed by atoms with Crippen LogP contribution in [-0.4, -0.2) is 21.9 Å². The Morgan fingerprint density at radius 1 is 1.37 bits per heavy atom. The lowest BCUT2D eigenvalue weighted by Gasteiger charge is -2.23. The van der Waals surface area contributed by atoms with Crippen molar-refractivity contribution in [3.05, 3.63) is 41.6 Å². The minimum absolute atomic E-state index is 0.0510. The van der Waals surface area contributed by atoms with Gasteiger partial charge in [0.25, 0.3) is 0 Å². The first-order valence-electron chi connectivity index (χ1n) is 6.14. The molecule has 0 spiro atoms. The lowest BCUT2D eigenvalue weighted by atomic mass is 9.87. The average Bonchev–Trinajstić information content (AvgIpc) is 2.80. The highest BCUT2D eigenvalue weighted by Gasteiger charge is 2.29. The molecule has 1 aliphatic rings. The first kappa shape index (κ1) is 12.3. The number of aromatic nitrogens is 2. The van der Waals surface area contributed by atoms with Gasteiger partial charge in [-0.2, -0.15) is 5.10 Å². The van der Waals surface area contributed by atoms with Crippen LogP contribution in [0.5, 0.6) is 0 Å². The van der Waals surface area contributed by atoms with Gasteiger partial charge in [-0.15, -0.1) is 11.8 Å². The number of carbonyl (C=O) groups is 1. The van der Waals surface area contributed by atoms with Crippen LogP contribution in [0.2, 0.25) is 0 Å². The summed E-state index contributed by atoms with van der Waals surface area (Å²) >= 11 is 1.72. The van der Waals surface area contributed by atoms with E-state index in [-0.39, 0.29) is 11.8 Å². The largest absolute Gasteiger partial charge is 0.311 e. The molecule has 2 heterocycles. The SMILES string of the molecule is CSc1ccc([C@@H]2CC(=O)Nc3c2cnn3C)cc1. The molecule has 2 aromatic rings. The number of carbonyl (C=O) groups excluding carboxylic acids is 1. The van der Waals surface area contributed by atoms with Crippen LogP contribution >= 0.6 is 11.8 Å². The number of benzene rings is 1. The topological polar surface area (TPSA) is 46.9 Å². The maximum atomic E-state index is 11.8. The molecule has 1 atom stereocenters. The number of anilines is 1. The fraction of sp³-hybridized carbons (Fsp3) is 0.286. The predicted octanol–water partition coefficient (Wildman–Crippen LogP) is 2.62. The second kappa shape index (κ2) is 4.74. The Hall–Kier alpha value is -1.75. The maximum absolute atomic E-state index is 11.8. The summed E-state index contributed by atoms with van der Waals surface area (Å²) in [7, 11) is 1.85. The van der Waals surface area contributed by atoms with Crippen LogP contribution in [0, 0.1) is 0 Å². The van der Waals surface area contributed by atoms with Gasteiger partial charge >= 0.3 is 0 Å². The number of aryl methyl sites for hydroxylation is 1. The Balaban J connectivity index is 2.02. The lowest BCUT2D eigenvalue weighted by Crippen LogP contribution is -2.24. The summed E-state index contributed by atoms with van der Waals surface area (Å²) in [6.07, 6.45) is 4.39. The molecule has 98 valence electrons. The number of rotatable bonds is 2. The van der Waals surface area contributed by atoms with Crippen LogP contribution in [0.1, 0.15) is 23.5 Å². The highest BCUT2D eigenvalue weighted by atomic mass is 32.2. The Kier molecular flexibility index (Phi) is 3.06. The first-order chi connectivity index (χ1) is 9.19. The number of thioether (sulfide) groups is 1. The summed E-state index contributed by atoms with van der Waals surface area (Å²) < 4.78 is 1.72. The van der Waals surface area contributed by atoms with Gasteiger partial charge in [-0.1, -0.05) is 12.1 Å². The van der Waals surface area contributed by atoms with Crippen molar-refractivity contribution in [2.75, 3.05) is 11.6 Å². The molecular weight excluding hydrogens is 258 g/mol. The number of nitrogens with one attached hydrogen (secondary N) is 1. The second-order valence-corrected chi connectivity index (χ2v) is 5.53. The predicted molar refractivity (Wildman–Crippen MR) is 76.5 cm³/mol. The van der Waals surface area contributed by atoms with E-state index in [1.165, 1.54) is 10.5 Å². The van der Waals surface area contributed by atoms with Gasteiger partial charge in [-0.3, -0.25) is 9.48 Å². The molecular formula is C14H15N3OS. The van der Waals surface area contributed by atoms with E-state index < -0.39 is 0 Å². The number of nitrogens with zero attached hydrogens (tertiary/aromatic N) is 2. The molecule has 4 nitrogen and oxygen atoms in total. The third-order valence-electron chi connectivity index (χ3n) is 3.51. The molecule has 0 unspecified atom stereocenters. The normalized spacial score (nSPS) is 18.0. The van der Waals surface area contributed by atoms with Gasteiger partial charge in [0.1, 0.15) is 5.82 Å². The second-order valence-electron chi connectivity index (χ2n) is 4.65. The third-order valence-corrected chi connectivity index (χ3v) is 4.25. The highest BCUT2D eigenvalue weighted by Crippen LogP contribution is 2.36. The highest BCUT2D eigenvalue weighted by molar-refractivity contribution is 7.98. The molecule has 0 radical (unpaired) electrons. The first-order valence-corrected chi connectivity index (χ1v) is 7.37. The zero-order valence-corrected chi connectivity index (χ0v) is 11.7. The molecule has 1 aromatic carbocycles. The summed E-state index contributed by atoms with van der Waals surface area (Å²) in [5.41, 5.74) is 2.26. The van der Waals surface area contributed by atoms with Gasteiger partial charge in [0.05, 0.1) is 6.20 Å². The quantitative estimate of drug-likeness (QED) is 0.856. The Labute approximate surface area is 116 Å². The number of amides is 1. The average molecular weight is 273 g/mol. The fourth-order valence-electron chi connectivity index (χ4n) is 2.47. The molecule has 0 bridgehead atoms. The van der Waals surface area contributed by atoms with E-state index in [9.17, 15) is 4.79 Å². The molecule has 0 saturated carbocycles. The molecule has 5 heteroatoms. The molecule has 19 heavy (non-hydrogen) atoms. The number of hydrogen-bond acceptors (Lipinski definition) is 3. The van der Waals surface area contributed by atoms with E-state index in [0.29, 0.717) is 6.42 Å². The van der Waals surface area contributed by atoms with Crippen molar-refractivity contribution in [1.82, 2.24) is 9.78 Å². The zero-order chi connectivity index (χ0) is 13.4. The molecule has 0 fully saturated rings. The Morgan fingerprint density at radius 2 is 2.11 bits per heavy atom. The fourth-order valence-corrected chi connectivity index (χ4v) is 2.88. The lowest BCUT2D eigenvalue weighted by molar-refractivity contribution is -0.116. The monoisotopic (exact) mass is 273 g/mol. The summed E-state index contributed by atoms with van der Waals surface area (Å²) in [4.78, 5) is 13.1. The van der Waals surface area contributed by atoms with Crippen molar-refractivity contribution in [2.24, 2.45) is 7.05 Å². The summed E-state index contributed by atoms with van der Waals surface area (Å²) in [6.45, 7) is 0. The molecule has 1 aromatic heterocycles. The van der Waals surface area contributed by atoms with E-state index in [2.05, 4.69) is 40.9 Å². The maximum Gasteiger partial charge on any atom is 0.226 e. The van der Waals surface area contributed by atoms with Gasteiger partial charge in [0, 0.05) is 29.8 Å². The van der Waals surface area contributed by atoms with Crippen molar-refractivity contribution < 1.29 is 4.79 Å². The molecule has 1 N–H and O–H groups in total. The standard InChI is InChI=1S/C14H15N3OS/c1-17-14-12(8-15-17)11(7-13(18)16-14)9-3-5-10(19-2)6-4-9/h3-6,8,11H,7H2,1-2H3,(H,16,18)/t11-/m0/s1. The van der Waals surface area contributed by atoms with Crippen LogP contribution < -0.4 is 5.32 Å². The molecule has 0 aliphatic carbocycles. The van der Waals surface area contributed by atoms with Gasteiger partial charge in [0.2, 0.25) is 5.91 Å². The van der Waals surface area contributed by atoms with Crippen molar-refractivity contribution >= 4 is 23.5 Å². The number of hydrogen-bond donors (Lipinski definition) is 1. The van der Waals surface area contributed by atoms with E-state index in [1.807, 2.05) is 13.2 Å². The van der Waals surface area contributed by atoms with E-state index >= 15 is 0 Å². The Morgan fingerprint density at radius 3 is 2.79 bits per heavy atom. The molecule has 1 aliphatic heterocycles. The van der Waals surface area contributed by atoms with E-state index in [1.54, 1.807) is 16.4 Å². The zero-order valence-electron chi connectivity index (χ0n) is 10.9. The summed E-state index contributed by atoms with van der Waals surface area (Å²) in [5, 5.41) is 7.13. The van der Waals surface area contributed by atoms with Gasteiger partial charge in [-0.25, -0.2) is 0 Å². The van der Waals surface area contributed by atoms with Crippen molar-refractivity contribution in [3.63, 3.8) is 0 Å². The molecule has 3 rings (SSSR count). The van der Waals surface area contributed by atoms with Gasteiger partial charge in [0.15, 0.2) is 0 Å². The van der Waals surface area contributed by atoms with Crippen molar-refractivity contribution in [2.45, 2.75) is 17.2 Å². The van der Waals surface area contributed by atoms with Crippen LogP contribution in [0.3, 0.4) is 0 Å². The summed E-state index contributed by atoms with van der Waals surface area (Å²) in [5.74, 6) is 0.971. The third kappa shape index (κ3) is 2.14. The van der Waals surface area contributed by atoms with Crippen LogP contribution in [0.25, 0.3) is 0 Å². The minimum atomic E-state index is 0.0510. The van der Waals surface area contributed by atoms with Gasteiger partial charge in [-0.05, 0) is 24.0 Å². The van der Waals surface area contributed by atoms with Crippen LogP contribution in [0.15, 0.2) is 35.4 Å². The molecule has 1 amide bonds.